The van der Waals surface area contributed by atoms with Gasteiger partial charge in [0, 0.05) is 26.2 Å². The van der Waals surface area contributed by atoms with Crippen molar-refractivity contribution in [2.24, 2.45) is 0 Å². The van der Waals surface area contributed by atoms with Gasteiger partial charge in [0.25, 0.3) is 0 Å². The molecule has 0 saturated carbocycles. The molecule has 1 amide bonds. The fourth-order valence-corrected chi connectivity index (χ4v) is 3.45. The summed E-state index contributed by atoms with van der Waals surface area (Å²) in [4.78, 5) is 16.7. The predicted molar refractivity (Wildman–Crippen MR) is 92.8 cm³/mol. The number of rotatable bonds is 2. The zero-order chi connectivity index (χ0) is 17.2. The summed E-state index contributed by atoms with van der Waals surface area (Å²) in [6, 6.07) is 10.7. The van der Waals surface area contributed by atoms with Gasteiger partial charge in [0.05, 0.1) is 18.8 Å². The standard InChI is InChI=1S/C19H28N2O3/c1-19(2,3)24-18(22)21-10-9-17-16(14-21)20(11-12-23-17)13-15-7-5-4-6-8-15/h4-8,16-17H,9-14H2,1-3H3/t16-,17?/m1/s1. The van der Waals surface area contributed by atoms with Crippen LogP contribution in [-0.4, -0.2) is 59.9 Å². The first-order valence-electron chi connectivity index (χ1n) is 8.80. The molecule has 0 aliphatic carbocycles. The largest absolute Gasteiger partial charge is 0.444 e. The van der Waals surface area contributed by atoms with E-state index in [1.54, 1.807) is 0 Å². The highest BCUT2D eigenvalue weighted by Gasteiger charge is 2.39. The van der Waals surface area contributed by atoms with Crippen LogP contribution < -0.4 is 0 Å². The van der Waals surface area contributed by atoms with Gasteiger partial charge in [0.1, 0.15) is 5.60 Å². The van der Waals surface area contributed by atoms with Gasteiger partial charge in [-0.1, -0.05) is 30.3 Å². The summed E-state index contributed by atoms with van der Waals surface area (Å²) >= 11 is 0. The summed E-state index contributed by atoms with van der Waals surface area (Å²) in [6.45, 7) is 9.66. The van der Waals surface area contributed by atoms with Crippen molar-refractivity contribution in [1.82, 2.24) is 9.80 Å². The Morgan fingerprint density at radius 3 is 2.71 bits per heavy atom. The highest BCUT2D eigenvalue weighted by Crippen LogP contribution is 2.25. The molecular weight excluding hydrogens is 304 g/mol. The lowest BCUT2D eigenvalue weighted by atomic mass is 9.98. The van der Waals surface area contributed by atoms with Gasteiger partial charge >= 0.3 is 6.09 Å². The van der Waals surface area contributed by atoms with E-state index in [-0.39, 0.29) is 18.2 Å². The smallest absolute Gasteiger partial charge is 0.410 e. The molecule has 0 aromatic heterocycles. The van der Waals surface area contributed by atoms with Crippen LogP contribution in [0.15, 0.2) is 30.3 Å². The number of piperidine rings is 1. The van der Waals surface area contributed by atoms with Gasteiger partial charge in [-0.3, -0.25) is 4.90 Å². The van der Waals surface area contributed by atoms with E-state index >= 15 is 0 Å². The fraction of sp³-hybridized carbons (Fsp3) is 0.632. The Morgan fingerprint density at radius 2 is 2.00 bits per heavy atom. The third kappa shape index (κ3) is 4.28. The first-order chi connectivity index (χ1) is 11.4. The second-order valence-electron chi connectivity index (χ2n) is 7.65. The normalized spacial score (nSPS) is 25.2. The molecule has 2 saturated heterocycles. The van der Waals surface area contributed by atoms with Crippen molar-refractivity contribution < 1.29 is 14.3 Å². The number of carbonyl (C=O) groups is 1. The minimum atomic E-state index is -0.458. The summed E-state index contributed by atoms with van der Waals surface area (Å²) in [5.41, 5.74) is 0.841. The molecule has 2 heterocycles. The molecule has 3 rings (SSSR count). The third-order valence-electron chi connectivity index (χ3n) is 4.58. The van der Waals surface area contributed by atoms with Gasteiger partial charge < -0.3 is 14.4 Å². The monoisotopic (exact) mass is 332 g/mol. The minimum Gasteiger partial charge on any atom is -0.444 e. The highest BCUT2D eigenvalue weighted by molar-refractivity contribution is 5.68. The van der Waals surface area contributed by atoms with Gasteiger partial charge in [0.2, 0.25) is 0 Å². The highest BCUT2D eigenvalue weighted by atomic mass is 16.6. The van der Waals surface area contributed by atoms with Crippen molar-refractivity contribution in [2.45, 2.75) is 51.5 Å². The van der Waals surface area contributed by atoms with E-state index in [1.165, 1.54) is 5.56 Å². The number of benzene rings is 1. The molecule has 0 N–H and O–H groups in total. The molecule has 2 atom stereocenters. The van der Waals surface area contributed by atoms with Crippen molar-refractivity contribution in [3.8, 4) is 0 Å². The summed E-state index contributed by atoms with van der Waals surface area (Å²) in [5.74, 6) is 0. The van der Waals surface area contributed by atoms with Gasteiger partial charge in [-0.15, -0.1) is 0 Å². The van der Waals surface area contributed by atoms with E-state index in [9.17, 15) is 4.79 Å². The topological polar surface area (TPSA) is 42.0 Å². The number of morpholine rings is 1. The molecule has 1 aromatic carbocycles. The zero-order valence-electron chi connectivity index (χ0n) is 14.9. The van der Waals surface area contributed by atoms with E-state index in [0.717, 1.165) is 26.1 Å². The average Bonchev–Trinajstić information content (AvgIpc) is 2.54. The Balaban J connectivity index is 1.66. The SMILES string of the molecule is CC(C)(C)OC(=O)N1CCC2OCCN(Cc3ccccc3)[C@@H]2C1. The maximum absolute atomic E-state index is 12.4. The maximum atomic E-state index is 12.4. The van der Waals surface area contributed by atoms with E-state index in [2.05, 4.69) is 29.2 Å². The summed E-state index contributed by atoms with van der Waals surface area (Å²) in [7, 11) is 0. The van der Waals surface area contributed by atoms with Crippen molar-refractivity contribution >= 4 is 6.09 Å². The molecule has 2 aliphatic rings. The molecule has 24 heavy (non-hydrogen) atoms. The van der Waals surface area contributed by atoms with Crippen LogP contribution in [0.2, 0.25) is 0 Å². The number of fused-ring (bicyclic) bond motifs is 1. The van der Waals surface area contributed by atoms with Crippen molar-refractivity contribution in [1.29, 1.82) is 0 Å². The average molecular weight is 332 g/mol. The summed E-state index contributed by atoms with van der Waals surface area (Å²) in [5, 5.41) is 0. The van der Waals surface area contributed by atoms with Gasteiger partial charge in [-0.05, 0) is 32.8 Å². The number of nitrogens with zero attached hydrogens (tertiary/aromatic N) is 2. The van der Waals surface area contributed by atoms with E-state index in [4.69, 9.17) is 9.47 Å². The lowest BCUT2D eigenvalue weighted by Crippen LogP contribution is -2.60. The number of carbonyl (C=O) groups excluding carboxylic acids is 1. The van der Waals surface area contributed by atoms with E-state index in [0.29, 0.717) is 13.1 Å². The second kappa shape index (κ2) is 7.11. The second-order valence-corrected chi connectivity index (χ2v) is 7.65. The fourth-order valence-electron chi connectivity index (χ4n) is 3.45. The number of likely N-dealkylation sites (tertiary alicyclic amines) is 1. The lowest BCUT2D eigenvalue weighted by Gasteiger charge is -2.47. The Morgan fingerprint density at radius 1 is 1.25 bits per heavy atom. The third-order valence-corrected chi connectivity index (χ3v) is 4.58. The Kier molecular flexibility index (Phi) is 5.11. The van der Waals surface area contributed by atoms with Crippen LogP contribution in [-0.2, 0) is 16.0 Å². The quantitative estimate of drug-likeness (QED) is 0.835. The number of ether oxygens (including phenoxy) is 2. The van der Waals surface area contributed by atoms with Crippen LogP contribution in [0.4, 0.5) is 4.79 Å². The summed E-state index contributed by atoms with van der Waals surface area (Å²) < 4.78 is 11.5. The maximum Gasteiger partial charge on any atom is 0.410 e. The molecule has 1 unspecified atom stereocenters. The van der Waals surface area contributed by atoms with E-state index < -0.39 is 5.60 Å². The molecule has 2 aliphatic heterocycles. The molecule has 5 nitrogen and oxygen atoms in total. The van der Waals surface area contributed by atoms with Gasteiger partial charge in [-0.25, -0.2) is 4.79 Å². The molecule has 1 aromatic rings. The molecular formula is C19H28N2O3. The first kappa shape index (κ1) is 17.2. The van der Waals surface area contributed by atoms with Crippen LogP contribution in [0.3, 0.4) is 0 Å². The molecule has 132 valence electrons. The van der Waals surface area contributed by atoms with E-state index in [1.807, 2.05) is 31.7 Å². The molecule has 0 radical (unpaired) electrons. The van der Waals surface area contributed by atoms with Crippen LogP contribution in [0.1, 0.15) is 32.8 Å². The predicted octanol–water partition coefficient (Wildman–Crippen LogP) is 2.90. The molecule has 0 bridgehead atoms. The summed E-state index contributed by atoms with van der Waals surface area (Å²) in [6.07, 6.45) is 0.863. The van der Waals surface area contributed by atoms with Crippen molar-refractivity contribution in [3.63, 3.8) is 0 Å². The molecule has 2 fully saturated rings. The van der Waals surface area contributed by atoms with Crippen molar-refractivity contribution in [3.05, 3.63) is 35.9 Å². The van der Waals surface area contributed by atoms with Crippen molar-refractivity contribution in [2.75, 3.05) is 26.2 Å². The Bertz CT molecular complexity index is 555. The van der Waals surface area contributed by atoms with Crippen LogP contribution in [0.25, 0.3) is 0 Å². The number of hydrogen-bond acceptors (Lipinski definition) is 4. The number of amides is 1. The van der Waals surface area contributed by atoms with Gasteiger partial charge in [0.15, 0.2) is 0 Å². The minimum absolute atomic E-state index is 0.209. The van der Waals surface area contributed by atoms with Gasteiger partial charge in [-0.2, -0.15) is 0 Å². The van der Waals surface area contributed by atoms with Crippen LogP contribution in [0.5, 0.6) is 0 Å². The Labute approximate surface area is 144 Å². The Hall–Kier alpha value is -1.59. The molecule has 5 heteroatoms. The lowest BCUT2D eigenvalue weighted by molar-refractivity contribution is -0.105. The number of hydrogen-bond donors (Lipinski definition) is 0. The van der Waals surface area contributed by atoms with Crippen LogP contribution in [0, 0.1) is 0 Å². The first-order valence-corrected chi connectivity index (χ1v) is 8.80. The molecule has 0 spiro atoms. The zero-order valence-corrected chi connectivity index (χ0v) is 14.9. The van der Waals surface area contributed by atoms with Crippen LogP contribution >= 0.6 is 0 Å².